The quantitative estimate of drug-likeness (QED) is 0.774. The number of thioether (sulfide) groups is 1. The van der Waals surface area contributed by atoms with E-state index in [1.807, 2.05) is 0 Å². The first-order valence-corrected chi connectivity index (χ1v) is 6.91. The van der Waals surface area contributed by atoms with Crippen LogP contribution in [-0.4, -0.2) is 12.3 Å². The van der Waals surface area contributed by atoms with Crippen LogP contribution >= 0.6 is 11.8 Å². The van der Waals surface area contributed by atoms with Gasteiger partial charge in [0.1, 0.15) is 0 Å². The van der Waals surface area contributed by atoms with Crippen molar-refractivity contribution in [3.05, 3.63) is 24.3 Å². The molecular formula is C13H19NS. The minimum Gasteiger partial charge on any atom is -0.382 e. The highest BCUT2D eigenvalue weighted by Crippen LogP contribution is 2.28. The summed E-state index contributed by atoms with van der Waals surface area (Å²) >= 11 is 1.80. The Kier molecular flexibility index (Phi) is 3.57. The van der Waals surface area contributed by atoms with Gasteiger partial charge >= 0.3 is 0 Å². The average molecular weight is 221 g/mol. The minimum absolute atomic E-state index is 0.692. The van der Waals surface area contributed by atoms with Crippen LogP contribution in [0.3, 0.4) is 0 Å². The lowest BCUT2D eigenvalue weighted by Crippen LogP contribution is -2.15. The Morgan fingerprint density at radius 2 is 2.20 bits per heavy atom. The predicted octanol–water partition coefficient (Wildman–Crippen LogP) is 4.01. The van der Waals surface area contributed by atoms with E-state index in [2.05, 4.69) is 42.8 Å². The summed E-state index contributed by atoms with van der Waals surface area (Å²) in [6.45, 7) is 2.35. The van der Waals surface area contributed by atoms with Crippen LogP contribution in [-0.2, 0) is 0 Å². The van der Waals surface area contributed by atoms with Gasteiger partial charge in [-0.1, -0.05) is 13.0 Å². The van der Waals surface area contributed by atoms with Gasteiger partial charge < -0.3 is 5.32 Å². The third-order valence-electron chi connectivity index (χ3n) is 3.14. The van der Waals surface area contributed by atoms with Crippen LogP contribution in [0.25, 0.3) is 0 Å². The molecule has 1 nitrogen and oxygen atoms in total. The van der Waals surface area contributed by atoms with Crippen molar-refractivity contribution in [1.29, 1.82) is 0 Å². The van der Waals surface area contributed by atoms with Gasteiger partial charge in [0.05, 0.1) is 0 Å². The summed E-state index contributed by atoms with van der Waals surface area (Å²) in [7, 11) is 0. The van der Waals surface area contributed by atoms with Crippen LogP contribution < -0.4 is 5.32 Å². The second kappa shape index (κ2) is 4.93. The van der Waals surface area contributed by atoms with Crippen molar-refractivity contribution in [1.82, 2.24) is 0 Å². The molecule has 82 valence electrons. The van der Waals surface area contributed by atoms with Crippen molar-refractivity contribution in [2.24, 2.45) is 5.92 Å². The van der Waals surface area contributed by atoms with Crippen LogP contribution in [0.15, 0.2) is 29.2 Å². The molecule has 0 saturated heterocycles. The molecule has 1 aromatic carbocycles. The maximum atomic E-state index is 3.63. The summed E-state index contributed by atoms with van der Waals surface area (Å²) in [4.78, 5) is 1.34. The van der Waals surface area contributed by atoms with Gasteiger partial charge in [-0.15, -0.1) is 11.8 Å². The molecule has 2 heteroatoms. The van der Waals surface area contributed by atoms with E-state index in [4.69, 9.17) is 0 Å². The lowest BCUT2D eigenvalue weighted by molar-refractivity contribution is 0.602. The van der Waals surface area contributed by atoms with Gasteiger partial charge in [0.2, 0.25) is 0 Å². The highest BCUT2D eigenvalue weighted by atomic mass is 32.2. The topological polar surface area (TPSA) is 12.0 Å². The van der Waals surface area contributed by atoms with Crippen molar-refractivity contribution in [3.63, 3.8) is 0 Å². The van der Waals surface area contributed by atoms with E-state index >= 15 is 0 Å². The van der Waals surface area contributed by atoms with E-state index in [0.29, 0.717) is 6.04 Å². The fourth-order valence-electron chi connectivity index (χ4n) is 2.29. The van der Waals surface area contributed by atoms with E-state index in [1.54, 1.807) is 11.8 Å². The minimum atomic E-state index is 0.692. The van der Waals surface area contributed by atoms with Gasteiger partial charge in [-0.2, -0.15) is 0 Å². The highest BCUT2D eigenvalue weighted by molar-refractivity contribution is 7.98. The van der Waals surface area contributed by atoms with Crippen LogP contribution in [0.1, 0.15) is 26.2 Å². The molecule has 0 amide bonds. The summed E-state index contributed by atoms with van der Waals surface area (Å²) in [5, 5.41) is 3.63. The van der Waals surface area contributed by atoms with Crippen LogP contribution in [0.4, 0.5) is 5.69 Å². The maximum absolute atomic E-state index is 3.63. The van der Waals surface area contributed by atoms with Crippen molar-refractivity contribution < 1.29 is 0 Å². The number of hydrogen-bond acceptors (Lipinski definition) is 2. The predicted molar refractivity (Wildman–Crippen MR) is 68.6 cm³/mol. The smallest absolute Gasteiger partial charge is 0.0353 e. The Hall–Kier alpha value is -0.630. The van der Waals surface area contributed by atoms with E-state index in [9.17, 15) is 0 Å². The number of benzene rings is 1. The lowest BCUT2D eigenvalue weighted by Gasteiger charge is -2.14. The number of rotatable bonds is 3. The highest BCUT2D eigenvalue weighted by Gasteiger charge is 2.20. The molecule has 2 rings (SSSR count). The van der Waals surface area contributed by atoms with E-state index in [0.717, 1.165) is 5.92 Å². The second-order valence-electron chi connectivity index (χ2n) is 4.49. The van der Waals surface area contributed by atoms with E-state index < -0.39 is 0 Å². The molecule has 0 bridgehead atoms. The van der Waals surface area contributed by atoms with Crippen molar-refractivity contribution in [2.75, 3.05) is 11.6 Å². The van der Waals surface area contributed by atoms with Crippen molar-refractivity contribution in [2.45, 2.75) is 37.1 Å². The van der Waals surface area contributed by atoms with Crippen molar-refractivity contribution >= 4 is 17.4 Å². The number of nitrogens with one attached hydrogen (secondary N) is 1. The standard InChI is InChI=1S/C13H19NS/c1-10-6-7-12(8-10)14-11-4-3-5-13(9-11)15-2/h3-5,9-10,12,14H,6-8H2,1-2H3/t10-,12-/m0/s1. The first-order valence-electron chi connectivity index (χ1n) is 5.68. The first-order chi connectivity index (χ1) is 7.28. The zero-order valence-electron chi connectivity index (χ0n) is 9.49. The third kappa shape index (κ3) is 2.91. The molecule has 1 aliphatic rings. The van der Waals surface area contributed by atoms with Gasteiger partial charge in [-0.25, -0.2) is 0 Å². The second-order valence-corrected chi connectivity index (χ2v) is 5.37. The third-order valence-corrected chi connectivity index (χ3v) is 3.86. The van der Waals surface area contributed by atoms with Gasteiger partial charge in [-0.3, -0.25) is 0 Å². The lowest BCUT2D eigenvalue weighted by atomic mass is 10.1. The van der Waals surface area contributed by atoms with Crippen molar-refractivity contribution in [3.8, 4) is 0 Å². The fraction of sp³-hybridized carbons (Fsp3) is 0.538. The normalized spacial score (nSPS) is 25.5. The summed E-state index contributed by atoms with van der Waals surface area (Å²) in [5.41, 5.74) is 1.28. The van der Waals surface area contributed by atoms with Crippen LogP contribution in [0.5, 0.6) is 0 Å². The number of hydrogen-bond donors (Lipinski definition) is 1. The Balaban J connectivity index is 1.98. The van der Waals surface area contributed by atoms with E-state index in [1.165, 1.54) is 29.8 Å². The van der Waals surface area contributed by atoms with Gasteiger partial charge in [0, 0.05) is 16.6 Å². The summed E-state index contributed by atoms with van der Waals surface area (Å²) < 4.78 is 0. The molecule has 1 saturated carbocycles. The molecule has 0 radical (unpaired) electrons. The molecule has 0 unspecified atom stereocenters. The van der Waals surface area contributed by atoms with Gasteiger partial charge in [0.15, 0.2) is 0 Å². The monoisotopic (exact) mass is 221 g/mol. The fourth-order valence-corrected chi connectivity index (χ4v) is 2.75. The molecule has 1 aliphatic carbocycles. The molecule has 2 atom stereocenters. The molecule has 15 heavy (non-hydrogen) atoms. The summed E-state index contributed by atoms with van der Waals surface area (Å²) in [6.07, 6.45) is 6.14. The largest absolute Gasteiger partial charge is 0.382 e. The SMILES string of the molecule is CSc1cccc(N[C@H]2CC[C@H](C)C2)c1. The Labute approximate surface area is 96.7 Å². The average Bonchev–Trinajstić information content (AvgIpc) is 2.64. The molecular weight excluding hydrogens is 202 g/mol. The molecule has 0 aliphatic heterocycles. The van der Waals surface area contributed by atoms with Crippen LogP contribution in [0.2, 0.25) is 0 Å². The Bertz CT molecular complexity index is 324. The molecule has 0 spiro atoms. The Morgan fingerprint density at radius 3 is 2.87 bits per heavy atom. The van der Waals surface area contributed by atoms with Gasteiger partial charge in [-0.05, 0) is 49.6 Å². The number of anilines is 1. The van der Waals surface area contributed by atoms with Crippen LogP contribution in [0, 0.1) is 5.92 Å². The molecule has 1 N–H and O–H groups in total. The summed E-state index contributed by atoms with van der Waals surface area (Å²) in [5.74, 6) is 0.895. The molecule has 1 fully saturated rings. The maximum Gasteiger partial charge on any atom is 0.0353 e. The molecule has 1 aromatic rings. The first kappa shape index (κ1) is 10.9. The summed E-state index contributed by atoms with van der Waals surface area (Å²) in [6, 6.07) is 9.40. The van der Waals surface area contributed by atoms with Gasteiger partial charge in [0.25, 0.3) is 0 Å². The molecule has 0 heterocycles. The zero-order chi connectivity index (χ0) is 10.7. The Morgan fingerprint density at radius 1 is 1.33 bits per heavy atom. The molecule has 0 aromatic heterocycles. The zero-order valence-corrected chi connectivity index (χ0v) is 10.3. The van der Waals surface area contributed by atoms with E-state index in [-0.39, 0.29) is 0 Å².